The SMILES string of the molecule is O=C(c1cc2ccccc2[nH]1)N1CCN(c2cc(N3CCCCC3CO)ncn2)CC1. The molecule has 4 heterocycles. The van der Waals surface area contributed by atoms with Crippen LogP contribution in [-0.2, 0) is 0 Å². The van der Waals surface area contributed by atoms with Gasteiger partial charge in [0.1, 0.15) is 23.7 Å². The topological polar surface area (TPSA) is 88.6 Å². The van der Waals surface area contributed by atoms with Crippen LogP contribution in [0.25, 0.3) is 10.9 Å². The van der Waals surface area contributed by atoms with Crippen molar-refractivity contribution in [3.63, 3.8) is 0 Å². The number of nitrogens with zero attached hydrogens (tertiary/aromatic N) is 5. The van der Waals surface area contributed by atoms with Crippen LogP contribution in [0, 0.1) is 0 Å². The van der Waals surface area contributed by atoms with Gasteiger partial charge in [0, 0.05) is 49.7 Å². The summed E-state index contributed by atoms with van der Waals surface area (Å²) in [5.41, 5.74) is 1.62. The fraction of sp³-hybridized carbons (Fsp3) is 0.435. The largest absolute Gasteiger partial charge is 0.394 e. The lowest BCUT2D eigenvalue weighted by Gasteiger charge is -2.37. The molecule has 1 unspecified atom stereocenters. The van der Waals surface area contributed by atoms with E-state index in [9.17, 15) is 9.90 Å². The van der Waals surface area contributed by atoms with E-state index >= 15 is 0 Å². The Labute approximate surface area is 181 Å². The second-order valence-corrected chi connectivity index (χ2v) is 8.31. The predicted molar refractivity (Wildman–Crippen MR) is 121 cm³/mol. The first-order valence-corrected chi connectivity index (χ1v) is 11.0. The zero-order chi connectivity index (χ0) is 21.2. The number of nitrogens with one attached hydrogen (secondary N) is 1. The van der Waals surface area contributed by atoms with Crippen molar-refractivity contribution in [3.8, 4) is 0 Å². The third-order valence-electron chi connectivity index (χ3n) is 6.42. The zero-order valence-corrected chi connectivity index (χ0v) is 17.6. The van der Waals surface area contributed by atoms with Crippen molar-refractivity contribution < 1.29 is 9.90 Å². The summed E-state index contributed by atoms with van der Waals surface area (Å²) >= 11 is 0. The molecule has 2 fully saturated rings. The molecule has 3 aromatic rings. The lowest BCUT2D eigenvalue weighted by molar-refractivity contribution is 0.0741. The summed E-state index contributed by atoms with van der Waals surface area (Å²) in [5.74, 6) is 1.80. The van der Waals surface area contributed by atoms with Crippen molar-refractivity contribution in [3.05, 3.63) is 48.4 Å². The van der Waals surface area contributed by atoms with Crippen LogP contribution in [-0.4, -0.2) is 76.2 Å². The van der Waals surface area contributed by atoms with Crippen LogP contribution in [0.3, 0.4) is 0 Å². The minimum absolute atomic E-state index is 0.0401. The average Bonchev–Trinajstić information content (AvgIpc) is 3.28. The van der Waals surface area contributed by atoms with Crippen molar-refractivity contribution in [2.24, 2.45) is 0 Å². The van der Waals surface area contributed by atoms with E-state index in [0.29, 0.717) is 18.8 Å². The molecule has 0 radical (unpaired) electrons. The molecule has 5 rings (SSSR count). The molecule has 8 heteroatoms. The Kier molecular flexibility index (Phi) is 5.46. The van der Waals surface area contributed by atoms with Gasteiger partial charge >= 0.3 is 0 Å². The highest BCUT2D eigenvalue weighted by molar-refractivity contribution is 5.98. The number of aromatic nitrogens is 3. The average molecular weight is 421 g/mol. The Morgan fingerprint density at radius 3 is 2.65 bits per heavy atom. The summed E-state index contributed by atoms with van der Waals surface area (Å²) in [6, 6.07) is 12.0. The van der Waals surface area contributed by atoms with Crippen molar-refractivity contribution >= 4 is 28.4 Å². The number of H-pyrrole nitrogens is 1. The molecule has 162 valence electrons. The van der Waals surface area contributed by atoms with Crippen LogP contribution in [0.5, 0.6) is 0 Å². The molecule has 2 saturated heterocycles. The van der Waals surface area contributed by atoms with E-state index in [4.69, 9.17) is 0 Å². The molecule has 2 aliphatic heterocycles. The number of piperidine rings is 1. The minimum Gasteiger partial charge on any atom is -0.394 e. The number of carbonyl (C=O) groups is 1. The summed E-state index contributed by atoms with van der Waals surface area (Å²) in [6.45, 7) is 3.81. The third kappa shape index (κ3) is 3.95. The first-order valence-electron chi connectivity index (χ1n) is 11.0. The smallest absolute Gasteiger partial charge is 0.270 e. The summed E-state index contributed by atoms with van der Waals surface area (Å²) in [4.78, 5) is 31.5. The number of aromatic amines is 1. The van der Waals surface area contributed by atoms with Gasteiger partial charge in [0.15, 0.2) is 0 Å². The second-order valence-electron chi connectivity index (χ2n) is 8.31. The van der Waals surface area contributed by atoms with E-state index in [1.165, 1.54) is 0 Å². The van der Waals surface area contributed by atoms with Gasteiger partial charge in [0.2, 0.25) is 0 Å². The van der Waals surface area contributed by atoms with Gasteiger partial charge in [-0.15, -0.1) is 0 Å². The van der Waals surface area contributed by atoms with E-state index in [0.717, 1.165) is 61.4 Å². The number of carbonyl (C=O) groups excluding carboxylic acids is 1. The molecular weight excluding hydrogens is 392 g/mol. The zero-order valence-electron chi connectivity index (χ0n) is 17.6. The number of aliphatic hydroxyl groups is 1. The molecule has 1 amide bonds. The number of piperazine rings is 1. The molecule has 31 heavy (non-hydrogen) atoms. The van der Waals surface area contributed by atoms with Gasteiger partial charge in [-0.1, -0.05) is 18.2 Å². The van der Waals surface area contributed by atoms with E-state index < -0.39 is 0 Å². The van der Waals surface area contributed by atoms with Crippen LogP contribution in [0.2, 0.25) is 0 Å². The fourth-order valence-electron chi connectivity index (χ4n) is 4.66. The second kappa shape index (κ2) is 8.55. The highest BCUT2D eigenvalue weighted by Gasteiger charge is 2.26. The fourth-order valence-corrected chi connectivity index (χ4v) is 4.66. The van der Waals surface area contributed by atoms with Gasteiger partial charge in [0.25, 0.3) is 5.91 Å². The molecule has 0 spiro atoms. The molecule has 2 aromatic heterocycles. The quantitative estimate of drug-likeness (QED) is 0.673. The normalized spacial score (nSPS) is 19.8. The van der Waals surface area contributed by atoms with E-state index in [1.54, 1.807) is 6.33 Å². The molecule has 1 atom stereocenters. The van der Waals surface area contributed by atoms with E-state index in [2.05, 4.69) is 24.8 Å². The van der Waals surface area contributed by atoms with Crippen molar-refractivity contribution in [1.82, 2.24) is 19.9 Å². The number of fused-ring (bicyclic) bond motifs is 1. The van der Waals surface area contributed by atoms with Gasteiger partial charge in [-0.05, 0) is 31.4 Å². The van der Waals surface area contributed by atoms with E-state index in [1.807, 2.05) is 41.3 Å². The molecule has 0 aliphatic carbocycles. The molecule has 1 aromatic carbocycles. The van der Waals surface area contributed by atoms with Gasteiger partial charge < -0.3 is 24.8 Å². The summed E-state index contributed by atoms with van der Waals surface area (Å²) in [6.07, 6.45) is 4.86. The highest BCUT2D eigenvalue weighted by atomic mass is 16.3. The van der Waals surface area contributed by atoms with Gasteiger partial charge in [-0.25, -0.2) is 9.97 Å². The number of rotatable bonds is 4. The first-order chi connectivity index (χ1) is 15.2. The van der Waals surface area contributed by atoms with Gasteiger partial charge in [0.05, 0.1) is 12.6 Å². The van der Waals surface area contributed by atoms with Crippen molar-refractivity contribution in [2.75, 3.05) is 49.1 Å². The number of benzene rings is 1. The van der Waals surface area contributed by atoms with E-state index in [-0.39, 0.29) is 18.6 Å². The maximum absolute atomic E-state index is 13.0. The Morgan fingerprint density at radius 2 is 1.84 bits per heavy atom. The number of amides is 1. The Hall–Kier alpha value is -3.13. The van der Waals surface area contributed by atoms with Crippen LogP contribution < -0.4 is 9.80 Å². The summed E-state index contributed by atoms with van der Waals surface area (Å²) in [5, 5.41) is 10.8. The van der Waals surface area contributed by atoms with Crippen LogP contribution >= 0.6 is 0 Å². The van der Waals surface area contributed by atoms with Crippen LogP contribution in [0.4, 0.5) is 11.6 Å². The molecule has 0 bridgehead atoms. The van der Waals surface area contributed by atoms with Crippen LogP contribution in [0.15, 0.2) is 42.7 Å². The lowest BCUT2D eigenvalue weighted by Crippen LogP contribution is -2.49. The number of hydrogen-bond donors (Lipinski definition) is 2. The number of anilines is 2. The Balaban J connectivity index is 1.25. The van der Waals surface area contributed by atoms with Crippen molar-refractivity contribution in [1.29, 1.82) is 0 Å². The van der Waals surface area contributed by atoms with Crippen molar-refractivity contribution in [2.45, 2.75) is 25.3 Å². The molecule has 2 N–H and O–H groups in total. The maximum Gasteiger partial charge on any atom is 0.270 e. The Morgan fingerprint density at radius 1 is 1.03 bits per heavy atom. The minimum atomic E-state index is 0.0401. The maximum atomic E-state index is 13.0. The van der Waals surface area contributed by atoms with Gasteiger partial charge in [-0.2, -0.15) is 0 Å². The Bertz CT molecular complexity index is 1030. The third-order valence-corrected chi connectivity index (χ3v) is 6.42. The number of aliphatic hydroxyl groups excluding tert-OH is 1. The number of para-hydroxylation sites is 1. The molecule has 0 saturated carbocycles. The summed E-state index contributed by atoms with van der Waals surface area (Å²) in [7, 11) is 0. The summed E-state index contributed by atoms with van der Waals surface area (Å²) < 4.78 is 0. The monoisotopic (exact) mass is 420 g/mol. The predicted octanol–water partition coefficient (Wildman–Crippen LogP) is 2.27. The number of hydrogen-bond acceptors (Lipinski definition) is 6. The first kappa shape index (κ1) is 19.8. The molecule has 8 nitrogen and oxygen atoms in total. The molecule has 2 aliphatic rings. The standard InChI is InChI=1S/C23H28N6O2/c30-15-18-6-3-4-8-29(18)22-14-21(24-16-25-22)27-9-11-28(12-10-27)23(31)20-13-17-5-1-2-7-19(17)26-20/h1-2,5,7,13-14,16,18,26,30H,3-4,6,8-12,15H2. The molecular formula is C23H28N6O2. The highest BCUT2D eigenvalue weighted by Crippen LogP contribution is 2.26. The van der Waals surface area contributed by atoms with Crippen LogP contribution in [0.1, 0.15) is 29.8 Å². The lowest BCUT2D eigenvalue weighted by atomic mass is 10.0. The van der Waals surface area contributed by atoms with Gasteiger partial charge in [-0.3, -0.25) is 4.79 Å².